The van der Waals surface area contributed by atoms with E-state index in [0.717, 1.165) is 16.0 Å². The first-order valence-corrected chi connectivity index (χ1v) is 6.23. The summed E-state index contributed by atoms with van der Waals surface area (Å²) >= 11 is -1.33. The second-order valence-corrected chi connectivity index (χ2v) is 4.91. The fourth-order valence-electron chi connectivity index (χ4n) is 1.41. The Morgan fingerprint density at radius 2 is 2.06 bits per heavy atom. The Hall–Kier alpha value is -0.240. The molecule has 84 valence electrons. The van der Waals surface area contributed by atoms with E-state index in [1.807, 2.05) is 0 Å². The molecule has 0 aliphatic rings. The first kappa shape index (κ1) is 14.8. The second-order valence-electron chi connectivity index (χ2n) is 2.98. The van der Waals surface area contributed by atoms with Gasteiger partial charge in [0.2, 0.25) is 0 Å². The third-order valence-electron chi connectivity index (χ3n) is 2.09. The standard InChI is InChI=1S/C10H8O4S2.Na/c1-14-10(11)8-9(16(12)13)6-4-2-3-5-7(6)15-8;/h2-5H,1H3,(H,12,13);/q;+1/p-1. The minimum Gasteiger partial charge on any atom is -0.768 e. The van der Waals surface area contributed by atoms with Crippen molar-refractivity contribution < 1.29 is 47.9 Å². The number of hydrogen-bond acceptors (Lipinski definition) is 5. The Balaban J connectivity index is 0.00000144. The molecule has 17 heavy (non-hydrogen) atoms. The zero-order valence-electron chi connectivity index (χ0n) is 9.26. The number of esters is 1. The van der Waals surface area contributed by atoms with E-state index in [9.17, 15) is 13.6 Å². The third kappa shape index (κ3) is 2.78. The molecule has 4 nitrogen and oxygen atoms in total. The average molecular weight is 278 g/mol. The van der Waals surface area contributed by atoms with Gasteiger partial charge in [-0.05, 0) is 17.1 Å². The van der Waals surface area contributed by atoms with Crippen molar-refractivity contribution in [2.24, 2.45) is 0 Å². The molecule has 0 fully saturated rings. The molecule has 0 bridgehead atoms. The molecular weight excluding hydrogens is 271 g/mol. The van der Waals surface area contributed by atoms with Crippen molar-refractivity contribution in [3.8, 4) is 0 Å². The number of methoxy groups -OCH3 is 1. The zero-order chi connectivity index (χ0) is 11.7. The summed E-state index contributed by atoms with van der Waals surface area (Å²) in [7, 11) is 1.23. The van der Waals surface area contributed by atoms with Gasteiger partial charge in [-0.1, -0.05) is 18.2 Å². The van der Waals surface area contributed by atoms with Crippen molar-refractivity contribution in [3.05, 3.63) is 29.1 Å². The topological polar surface area (TPSA) is 66.4 Å². The molecule has 0 amide bonds. The van der Waals surface area contributed by atoms with Crippen molar-refractivity contribution in [3.63, 3.8) is 0 Å². The molecule has 0 saturated heterocycles. The van der Waals surface area contributed by atoms with Crippen LogP contribution in [0, 0.1) is 0 Å². The van der Waals surface area contributed by atoms with Gasteiger partial charge in [-0.3, -0.25) is 4.21 Å². The van der Waals surface area contributed by atoms with Crippen molar-refractivity contribution in [2.75, 3.05) is 7.11 Å². The van der Waals surface area contributed by atoms with Gasteiger partial charge < -0.3 is 9.29 Å². The maximum Gasteiger partial charge on any atom is 1.00 e. The van der Waals surface area contributed by atoms with Crippen LogP contribution in [0.1, 0.15) is 9.67 Å². The zero-order valence-corrected chi connectivity index (χ0v) is 12.9. The number of ether oxygens (including phenoxy) is 1. The second kappa shape index (κ2) is 6.08. The van der Waals surface area contributed by atoms with Crippen LogP contribution < -0.4 is 29.6 Å². The number of carbonyl (C=O) groups is 1. The van der Waals surface area contributed by atoms with E-state index < -0.39 is 17.0 Å². The summed E-state index contributed by atoms with van der Waals surface area (Å²) in [5.41, 5.74) is 0. The maximum atomic E-state index is 11.4. The van der Waals surface area contributed by atoms with E-state index in [0.29, 0.717) is 5.39 Å². The van der Waals surface area contributed by atoms with Crippen molar-refractivity contribution >= 4 is 38.5 Å². The van der Waals surface area contributed by atoms with Crippen LogP contribution in [0.5, 0.6) is 0 Å². The summed E-state index contributed by atoms with van der Waals surface area (Å²) < 4.78 is 27.5. The number of hydrogen-bond donors (Lipinski definition) is 0. The maximum absolute atomic E-state index is 11.4. The SMILES string of the molecule is COC(=O)c1sc2ccccc2c1S(=O)[O-].[Na+]. The van der Waals surface area contributed by atoms with Crippen LogP contribution >= 0.6 is 11.3 Å². The molecule has 0 spiro atoms. The number of carbonyl (C=O) groups excluding carboxylic acids is 1. The molecule has 0 radical (unpaired) electrons. The first-order valence-electron chi connectivity index (χ1n) is 4.34. The van der Waals surface area contributed by atoms with Gasteiger partial charge in [0.05, 0.1) is 12.0 Å². The fourth-order valence-corrected chi connectivity index (χ4v) is 3.42. The van der Waals surface area contributed by atoms with E-state index >= 15 is 0 Å². The Labute approximate surface area is 127 Å². The van der Waals surface area contributed by atoms with E-state index in [1.165, 1.54) is 7.11 Å². The molecule has 1 heterocycles. The number of fused-ring (bicyclic) bond motifs is 1. The van der Waals surface area contributed by atoms with Crippen LogP contribution in [-0.4, -0.2) is 21.8 Å². The van der Waals surface area contributed by atoms with Gasteiger partial charge in [0, 0.05) is 10.1 Å². The van der Waals surface area contributed by atoms with E-state index in [-0.39, 0.29) is 39.3 Å². The monoisotopic (exact) mass is 278 g/mol. The summed E-state index contributed by atoms with van der Waals surface area (Å²) in [5.74, 6) is -0.625. The summed E-state index contributed by atoms with van der Waals surface area (Å²) in [4.78, 5) is 11.6. The van der Waals surface area contributed by atoms with Crippen molar-refractivity contribution in [1.82, 2.24) is 0 Å². The van der Waals surface area contributed by atoms with Crippen LogP contribution in [-0.2, 0) is 15.8 Å². The average Bonchev–Trinajstić information content (AvgIpc) is 2.67. The van der Waals surface area contributed by atoms with Gasteiger partial charge in [0.15, 0.2) is 0 Å². The van der Waals surface area contributed by atoms with Gasteiger partial charge in [0.25, 0.3) is 0 Å². The fraction of sp³-hybridized carbons (Fsp3) is 0.100. The molecule has 0 aliphatic carbocycles. The minimum absolute atomic E-state index is 0. The van der Waals surface area contributed by atoms with Crippen molar-refractivity contribution in [1.29, 1.82) is 0 Å². The van der Waals surface area contributed by atoms with Gasteiger partial charge >= 0.3 is 35.5 Å². The van der Waals surface area contributed by atoms with Gasteiger partial charge in [-0.15, -0.1) is 11.3 Å². The van der Waals surface area contributed by atoms with Crippen molar-refractivity contribution in [2.45, 2.75) is 4.90 Å². The Bertz CT molecular complexity index is 579. The van der Waals surface area contributed by atoms with Crippen LogP contribution in [0.15, 0.2) is 29.2 Å². The summed E-state index contributed by atoms with van der Waals surface area (Å²) in [6.45, 7) is 0. The summed E-state index contributed by atoms with van der Waals surface area (Å²) in [6, 6.07) is 6.95. The van der Waals surface area contributed by atoms with Gasteiger partial charge in [0.1, 0.15) is 4.88 Å². The molecule has 1 atom stereocenters. The molecule has 1 aromatic heterocycles. The summed E-state index contributed by atoms with van der Waals surface area (Å²) in [5, 5.41) is 0.557. The number of thiophene rings is 1. The molecule has 1 unspecified atom stereocenters. The first-order chi connectivity index (χ1) is 7.65. The predicted octanol–water partition coefficient (Wildman–Crippen LogP) is -1.07. The Kier molecular flexibility index (Phi) is 5.30. The smallest absolute Gasteiger partial charge is 0.768 e. The molecule has 7 heteroatoms. The quantitative estimate of drug-likeness (QED) is 0.398. The van der Waals surface area contributed by atoms with Crippen LogP contribution in [0.3, 0.4) is 0 Å². The molecule has 0 aliphatic heterocycles. The van der Waals surface area contributed by atoms with E-state index in [2.05, 4.69) is 4.74 Å². The molecule has 0 N–H and O–H groups in total. The molecular formula is C10H7NaO4S2. The summed E-state index contributed by atoms with van der Waals surface area (Å²) in [6.07, 6.45) is 0. The number of rotatable bonds is 2. The van der Waals surface area contributed by atoms with Crippen LogP contribution in [0.4, 0.5) is 0 Å². The predicted molar refractivity (Wildman–Crippen MR) is 60.4 cm³/mol. The van der Waals surface area contributed by atoms with E-state index in [1.54, 1.807) is 24.3 Å². The Morgan fingerprint density at radius 1 is 1.41 bits per heavy atom. The molecule has 2 aromatic rings. The van der Waals surface area contributed by atoms with Gasteiger partial charge in [-0.25, -0.2) is 4.79 Å². The minimum atomic E-state index is -2.45. The molecule has 0 saturated carbocycles. The number of benzene rings is 1. The van der Waals surface area contributed by atoms with Gasteiger partial charge in [-0.2, -0.15) is 0 Å². The molecule has 1 aromatic carbocycles. The third-order valence-corrected chi connectivity index (χ3v) is 4.12. The normalized spacial score (nSPS) is 11.9. The van der Waals surface area contributed by atoms with E-state index in [4.69, 9.17) is 0 Å². The van der Waals surface area contributed by atoms with Crippen LogP contribution in [0.2, 0.25) is 0 Å². The Morgan fingerprint density at radius 3 is 2.65 bits per heavy atom. The largest absolute Gasteiger partial charge is 1.00 e. The van der Waals surface area contributed by atoms with Crippen LogP contribution in [0.25, 0.3) is 10.1 Å². The molecule has 2 rings (SSSR count).